The number of piperazine rings is 1. The van der Waals surface area contributed by atoms with Crippen LogP contribution in [0.1, 0.15) is 52.9 Å². The molecule has 0 bridgehead atoms. The van der Waals surface area contributed by atoms with Gasteiger partial charge in [-0.2, -0.15) is 4.98 Å². The van der Waals surface area contributed by atoms with E-state index in [1.807, 2.05) is 18.3 Å². The topological polar surface area (TPSA) is 107 Å². The summed E-state index contributed by atoms with van der Waals surface area (Å²) in [6.45, 7) is 9.70. The van der Waals surface area contributed by atoms with Crippen LogP contribution in [0.4, 0.5) is 32.9 Å². The number of urea groups is 1. The molecule has 2 saturated heterocycles. The molecular formula is C27H38N8O3. The second-order valence-electron chi connectivity index (χ2n) is 11.5. The third kappa shape index (κ3) is 5.52. The largest absolute Gasteiger partial charge is 0.443 e. The maximum atomic E-state index is 13.6. The molecule has 3 aliphatic rings. The number of nitrogens with zero attached hydrogens (tertiary/aromatic N) is 7. The van der Waals surface area contributed by atoms with E-state index in [0.29, 0.717) is 24.1 Å². The molecule has 2 aliphatic heterocycles. The first-order valence-corrected chi connectivity index (χ1v) is 13.5. The number of ether oxygens (including phenoxy) is 1. The summed E-state index contributed by atoms with van der Waals surface area (Å²) in [5.41, 5.74) is -0.105. The number of aromatic nitrogens is 3. The fraction of sp³-hybridized carbons (Fsp3) is 0.593. The van der Waals surface area contributed by atoms with Crippen LogP contribution < -0.4 is 15.1 Å². The van der Waals surface area contributed by atoms with E-state index >= 15 is 0 Å². The van der Waals surface area contributed by atoms with Crippen molar-refractivity contribution in [2.75, 3.05) is 54.9 Å². The summed E-state index contributed by atoms with van der Waals surface area (Å²) in [7, 11) is 2.14. The van der Waals surface area contributed by atoms with Gasteiger partial charge in [-0.15, -0.1) is 0 Å². The summed E-state index contributed by atoms with van der Waals surface area (Å²) in [5.74, 6) is 1.43. The highest BCUT2D eigenvalue weighted by molar-refractivity contribution is 6.04. The van der Waals surface area contributed by atoms with Gasteiger partial charge in [0.15, 0.2) is 0 Å². The van der Waals surface area contributed by atoms with Crippen molar-refractivity contribution in [1.29, 1.82) is 0 Å². The van der Waals surface area contributed by atoms with Gasteiger partial charge in [0.2, 0.25) is 5.95 Å². The zero-order valence-corrected chi connectivity index (χ0v) is 22.8. The van der Waals surface area contributed by atoms with Crippen molar-refractivity contribution >= 4 is 35.4 Å². The Balaban J connectivity index is 1.35. The molecule has 3 fully saturated rings. The highest BCUT2D eigenvalue weighted by Gasteiger charge is 2.54. The SMILES string of the molecule is CN1CCN(c2ccc(Nc3nccc(N4C(=O)N(C(=O)OC(C)(C)C)CC45CCCCC5)n3)nc2)CC1. The molecule has 11 heteroatoms. The van der Waals surface area contributed by atoms with E-state index in [0.717, 1.165) is 64.0 Å². The fourth-order valence-corrected chi connectivity index (χ4v) is 5.51. The Bertz CT molecular complexity index is 1150. The van der Waals surface area contributed by atoms with Crippen LogP contribution in [0.15, 0.2) is 30.6 Å². The molecule has 1 spiro atoms. The van der Waals surface area contributed by atoms with Crippen LogP contribution in [0.3, 0.4) is 0 Å². The lowest BCUT2D eigenvalue weighted by molar-refractivity contribution is 0.0334. The number of pyridine rings is 1. The molecule has 2 aromatic heterocycles. The van der Waals surface area contributed by atoms with Gasteiger partial charge >= 0.3 is 12.1 Å². The standard InChI is InChI=1S/C27H38N8O3/c1-26(2,3)38-25(37)34-19-27(11-6-5-7-12-27)35(24(34)36)22-10-13-28-23(31-22)30-21-9-8-20(18-29-21)33-16-14-32(4)15-17-33/h8-10,13,18H,5-7,11-12,14-17,19H2,1-4H3,(H,28,29,30,31). The van der Waals surface area contributed by atoms with Crippen molar-refractivity contribution in [3.63, 3.8) is 0 Å². The first-order chi connectivity index (χ1) is 18.1. The van der Waals surface area contributed by atoms with E-state index in [4.69, 9.17) is 4.74 Å². The molecule has 38 heavy (non-hydrogen) atoms. The zero-order chi connectivity index (χ0) is 26.9. The highest BCUT2D eigenvalue weighted by Crippen LogP contribution is 2.42. The second kappa shape index (κ2) is 10.4. The summed E-state index contributed by atoms with van der Waals surface area (Å²) < 4.78 is 5.55. The van der Waals surface area contributed by atoms with Crippen LogP contribution in [0.25, 0.3) is 0 Å². The van der Waals surface area contributed by atoms with Gasteiger partial charge in [-0.1, -0.05) is 19.3 Å². The lowest BCUT2D eigenvalue weighted by atomic mass is 9.81. The van der Waals surface area contributed by atoms with Crippen molar-refractivity contribution < 1.29 is 14.3 Å². The molecule has 1 saturated carbocycles. The van der Waals surface area contributed by atoms with Gasteiger partial charge in [-0.25, -0.2) is 24.5 Å². The molecular weight excluding hydrogens is 484 g/mol. The predicted molar refractivity (Wildman–Crippen MR) is 146 cm³/mol. The molecule has 4 heterocycles. The minimum absolute atomic E-state index is 0.294. The van der Waals surface area contributed by atoms with Crippen LogP contribution >= 0.6 is 0 Å². The lowest BCUT2D eigenvalue weighted by Crippen LogP contribution is -2.49. The van der Waals surface area contributed by atoms with Gasteiger partial charge in [-0.05, 0) is 58.9 Å². The van der Waals surface area contributed by atoms with Crippen LogP contribution in [0.2, 0.25) is 0 Å². The Kier molecular flexibility index (Phi) is 7.13. The Labute approximate surface area is 224 Å². The maximum absolute atomic E-state index is 13.6. The molecule has 1 aliphatic carbocycles. The molecule has 11 nitrogen and oxygen atoms in total. The van der Waals surface area contributed by atoms with Gasteiger partial charge in [0.05, 0.1) is 24.0 Å². The summed E-state index contributed by atoms with van der Waals surface area (Å²) in [4.78, 5) is 47.8. The minimum Gasteiger partial charge on any atom is -0.443 e. The van der Waals surface area contributed by atoms with E-state index in [2.05, 4.69) is 37.1 Å². The summed E-state index contributed by atoms with van der Waals surface area (Å²) >= 11 is 0. The maximum Gasteiger partial charge on any atom is 0.418 e. The quantitative estimate of drug-likeness (QED) is 0.631. The minimum atomic E-state index is -0.691. The first-order valence-electron chi connectivity index (χ1n) is 13.5. The highest BCUT2D eigenvalue weighted by atomic mass is 16.6. The Morgan fingerprint density at radius 2 is 1.76 bits per heavy atom. The average Bonchev–Trinajstić information content (AvgIpc) is 3.16. The number of carbonyl (C=O) groups excluding carboxylic acids is 2. The number of carbonyl (C=O) groups is 2. The molecule has 1 N–H and O–H groups in total. The zero-order valence-electron chi connectivity index (χ0n) is 22.8. The number of nitrogens with one attached hydrogen (secondary N) is 1. The summed E-state index contributed by atoms with van der Waals surface area (Å²) in [6, 6.07) is 5.28. The van der Waals surface area contributed by atoms with Gasteiger partial charge in [0, 0.05) is 32.4 Å². The number of hydrogen-bond donors (Lipinski definition) is 1. The predicted octanol–water partition coefficient (Wildman–Crippen LogP) is 4.25. The van der Waals surface area contributed by atoms with Crippen LogP contribution in [-0.4, -0.2) is 87.8 Å². The molecule has 0 radical (unpaired) electrons. The number of amides is 3. The van der Waals surface area contributed by atoms with Crippen LogP contribution in [-0.2, 0) is 4.74 Å². The van der Waals surface area contributed by atoms with Gasteiger partial charge < -0.3 is 19.9 Å². The Hall–Kier alpha value is -3.47. The third-order valence-electron chi connectivity index (χ3n) is 7.47. The van der Waals surface area contributed by atoms with Crippen molar-refractivity contribution in [2.45, 2.75) is 64.0 Å². The molecule has 0 aromatic carbocycles. The lowest BCUT2D eigenvalue weighted by Gasteiger charge is -2.39. The van der Waals surface area contributed by atoms with E-state index in [-0.39, 0.29) is 0 Å². The van der Waals surface area contributed by atoms with Gasteiger partial charge in [0.25, 0.3) is 0 Å². The van der Waals surface area contributed by atoms with Crippen LogP contribution in [0.5, 0.6) is 0 Å². The molecule has 3 amide bonds. The van der Waals surface area contributed by atoms with Crippen molar-refractivity contribution in [1.82, 2.24) is 24.8 Å². The number of rotatable bonds is 4. The molecule has 0 unspecified atom stereocenters. The van der Waals surface area contributed by atoms with E-state index < -0.39 is 23.3 Å². The molecule has 0 atom stereocenters. The van der Waals surface area contributed by atoms with Crippen molar-refractivity contribution in [3.8, 4) is 0 Å². The molecule has 5 rings (SSSR count). The second-order valence-corrected chi connectivity index (χ2v) is 11.5. The number of hydrogen-bond acceptors (Lipinski definition) is 9. The van der Waals surface area contributed by atoms with E-state index in [9.17, 15) is 9.59 Å². The normalized spacial score (nSPS) is 20.2. The fourth-order valence-electron chi connectivity index (χ4n) is 5.51. The van der Waals surface area contributed by atoms with E-state index in [1.54, 1.807) is 37.9 Å². The van der Waals surface area contributed by atoms with Gasteiger partial charge in [0.1, 0.15) is 17.2 Å². The summed E-state index contributed by atoms with van der Waals surface area (Å²) in [5, 5.41) is 3.17. The van der Waals surface area contributed by atoms with E-state index in [1.165, 1.54) is 4.90 Å². The Morgan fingerprint density at radius 1 is 1.03 bits per heavy atom. The van der Waals surface area contributed by atoms with Crippen molar-refractivity contribution in [2.24, 2.45) is 0 Å². The monoisotopic (exact) mass is 522 g/mol. The molecule has 2 aromatic rings. The number of likely N-dealkylation sites (N-methyl/N-ethyl adjacent to an activating group) is 1. The first kappa shape index (κ1) is 26.1. The van der Waals surface area contributed by atoms with Crippen LogP contribution in [0, 0.1) is 0 Å². The number of anilines is 4. The van der Waals surface area contributed by atoms with Gasteiger partial charge in [-0.3, -0.25) is 4.90 Å². The summed E-state index contributed by atoms with van der Waals surface area (Å²) in [6.07, 6.45) is 7.58. The van der Waals surface area contributed by atoms with Crippen molar-refractivity contribution in [3.05, 3.63) is 30.6 Å². The third-order valence-corrected chi connectivity index (χ3v) is 7.47. The molecule has 204 valence electrons. The average molecular weight is 523 g/mol. The smallest absolute Gasteiger partial charge is 0.418 e. The number of imide groups is 1. The Morgan fingerprint density at radius 3 is 2.42 bits per heavy atom.